The molecule has 13 aliphatic rings. The Morgan fingerprint density at radius 1 is 0.444 bits per heavy atom. The van der Waals surface area contributed by atoms with Crippen LogP contribution >= 0.6 is 152 Å². The number of carboxylic acids is 1. The number of halogens is 9. The van der Waals surface area contributed by atoms with E-state index >= 15 is 0 Å². The first kappa shape index (κ1) is 101. The van der Waals surface area contributed by atoms with Gasteiger partial charge in [-0.2, -0.15) is 0 Å². The summed E-state index contributed by atoms with van der Waals surface area (Å²) in [5.41, 5.74) is 11.8. The summed E-state index contributed by atoms with van der Waals surface area (Å²) in [6.45, 7) is 7.42. The van der Waals surface area contributed by atoms with Crippen molar-refractivity contribution in [3.05, 3.63) is 311 Å². The van der Waals surface area contributed by atoms with Gasteiger partial charge in [0.2, 0.25) is 11.8 Å². The molecule has 9 heterocycles. The van der Waals surface area contributed by atoms with Crippen LogP contribution in [-0.2, 0) is 43.0 Å². The topological polar surface area (TPSA) is 298 Å². The zero-order valence-electron chi connectivity index (χ0n) is 72.0. The summed E-state index contributed by atoms with van der Waals surface area (Å²) in [6, 6.07) is 62.1. The molecule has 9 aliphatic heterocycles. The van der Waals surface area contributed by atoms with E-state index < -0.39 is 17.3 Å². The van der Waals surface area contributed by atoms with Gasteiger partial charge < -0.3 is 66.2 Å². The molecule has 0 aromatic heterocycles. The van der Waals surface area contributed by atoms with Gasteiger partial charge in [-0.05, 0) is 254 Å². The number of benzene rings is 8. The normalized spacial score (nSPS) is 22.4. The number of amides is 3. The van der Waals surface area contributed by atoms with Gasteiger partial charge in [0.25, 0.3) is 5.91 Å². The van der Waals surface area contributed by atoms with Gasteiger partial charge in [-0.1, -0.05) is 190 Å². The minimum atomic E-state index is -1.09. The third-order valence-corrected chi connectivity index (χ3v) is 29.3. The number of alkyl halides is 1. The van der Waals surface area contributed by atoms with Crippen LogP contribution < -0.4 is 56.1 Å². The molecular formula is C96H90Cl9N12NaO11S4. The molecule has 21 rings (SSSR count). The van der Waals surface area contributed by atoms with E-state index in [9.17, 15) is 38.7 Å². The molecule has 3 saturated heterocycles. The van der Waals surface area contributed by atoms with E-state index in [4.69, 9.17) is 136 Å². The number of hydrogen-bond acceptors (Lipinski definition) is 21. The Kier molecular flexibility index (Phi) is 34.7. The van der Waals surface area contributed by atoms with E-state index in [1.54, 1.807) is 11.8 Å². The molecule has 8 aromatic rings. The molecule has 9 atom stereocenters. The van der Waals surface area contributed by atoms with Gasteiger partial charge in [0.05, 0.1) is 56.5 Å². The number of thiocarbonyl (C=S) groups is 1. The molecule has 7 N–H and O–H groups in total. The van der Waals surface area contributed by atoms with Gasteiger partial charge in [-0.25, -0.2) is 14.4 Å². The van der Waals surface area contributed by atoms with E-state index in [1.165, 1.54) is 35.3 Å². The molecule has 0 bridgehead atoms. The number of nitrogens with one attached hydrogen (secondary N) is 5. The maximum absolute atomic E-state index is 13.5. The molecule has 4 saturated carbocycles. The average molecular weight is 2060 g/mol. The van der Waals surface area contributed by atoms with Crippen molar-refractivity contribution in [1.82, 2.24) is 46.2 Å². The molecule has 9 unspecified atom stereocenters. The van der Waals surface area contributed by atoms with E-state index in [0.717, 1.165) is 152 Å². The molecule has 37 heteroatoms. The maximum atomic E-state index is 13.5. The summed E-state index contributed by atoms with van der Waals surface area (Å²) in [6.07, 6.45) is 8.04. The van der Waals surface area contributed by atoms with Crippen molar-refractivity contribution < 1.29 is 83.2 Å². The number of rotatable bonds is 19. The number of allylic oxidation sites excluding steroid dienone is 3. The van der Waals surface area contributed by atoms with Gasteiger partial charge in [0.15, 0.2) is 31.8 Å². The van der Waals surface area contributed by atoms with E-state index in [-0.39, 0.29) is 132 Å². The summed E-state index contributed by atoms with van der Waals surface area (Å²) in [7, 11) is 0. The number of thioether (sulfide) groups is 3. The van der Waals surface area contributed by atoms with Crippen LogP contribution in [-0.4, -0.2) is 150 Å². The van der Waals surface area contributed by atoms with Crippen LogP contribution in [0.15, 0.2) is 241 Å². The Balaban J connectivity index is 0.000000134. The first-order valence-electron chi connectivity index (χ1n) is 43.0. The third-order valence-electron chi connectivity index (χ3n) is 23.5. The van der Waals surface area contributed by atoms with Crippen molar-refractivity contribution in [2.75, 3.05) is 52.5 Å². The number of ether oxygens (including phenoxy) is 2. The molecule has 8 aromatic carbocycles. The quantitative estimate of drug-likeness (QED) is 0.0144. The van der Waals surface area contributed by atoms with Crippen molar-refractivity contribution >= 4 is 214 Å². The third kappa shape index (κ3) is 24.3. The molecule has 0 spiro atoms. The first-order valence-corrected chi connectivity index (χ1v) is 49.4. The Labute approximate surface area is 855 Å². The fraction of sp³-hybridized carbons (Fsp3) is 0.323. The summed E-state index contributed by atoms with van der Waals surface area (Å²) >= 11 is 63.7. The van der Waals surface area contributed by atoms with Crippen LogP contribution in [0.4, 0.5) is 0 Å². The SMILES string of the molecule is CCOC(=O)C(Cl)C(=O)C1CC1.CCOC(=O)C1=C(C2CC2)N2C(=NC(c3ccc(Cl)cc3)C2c2ccc(Cl)cc2)S1.O=C(O)C1=C(C2CC2)N2C(=NC(c3ccc(Cl)cc3)C2c2ccc(Cl)cc2)S1.O=C1CN(C(=O)C2=C(C3CC3)N3C(=NC(c4ccc(Cl)cc4)C3c3ccc(Cl)cc3)S2)CCN1.O=C1CNCCN1.S=C1NC(c2ccc(Cl)cc2)C(c2ccc(Cl)cc2)N1.[Na+].[OH-]. The number of carbonyl (C=O) groups excluding carboxylic acids is 6. The average Bonchev–Trinajstić information content (AvgIpc) is 1.57. The van der Waals surface area contributed by atoms with Crippen LogP contribution in [0.3, 0.4) is 0 Å². The fourth-order valence-corrected chi connectivity index (χ4v) is 21.7. The molecule has 688 valence electrons. The maximum Gasteiger partial charge on any atom is 1.00 e. The summed E-state index contributed by atoms with van der Waals surface area (Å²) in [5, 5.41) is 32.3. The standard InChI is InChI=1S/C25H22Cl2N4O2S.C23H20Cl2N2O2S.C21H16Cl2N2O2S.C15H12Cl2N2S.C8H11ClO3.C4H8N2O.Na.H2O/c26-17-7-3-14(4-8-17)20-21(15-5-9-18(27)10-6-15)31-22(16-1-2-16)23(34-25(31)29-20)24(33)30-12-11-28-19(32)13-30;1-2-29-22(28)21-20(15-3-4-15)27-19(14-7-11-17(25)12-8-14)18(26-23(27)30-21)13-5-9-16(24)10-6-13;22-14-7-3-11(4-8-14)16-17(12-5-9-15(23)10-6-12)25-18(13-1-2-13)19(20(26)27)28-21(25)24-16;16-11-5-1-9(2-6-11)13-14(19-15(20)18-13)10-3-7-12(17)8-4-10;1-2-12-8(11)6(9)7(10)5-3-4-5;7-4-3-5-1-2-6-4;;/h3-10,16,20-21H,1-2,11-13H2,(H,28,32);5-12,15,18-19H,2-4H2,1H3;3-10,13,16-17H,1-2H2,(H,26,27);1-8,13-14H,(H2,18,19,20);5-6H,2-4H2,1H3;5H,1-3H2,(H,6,7);;1H2/q;;;;;;+1;/p-1. The molecule has 0 radical (unpaired) electrons. The summed E-state index contributed by atoms with van der Waals surface area (Å²) in [4.78, 5) is 108. The van der Waals surface area contributed by atoms with Crippen LogP contribution in [0.25, 0.3) is 0 Å². The number of aliphatic imine (C=N–C) groups is 3. The zero-order valence-corrected chi connectivity index (χ0v) is 84.1. The number of ketones is 1. The largest absolute Gasteiger partial charge is 1.00 e. The molecule has 133 heavy (non-hydrogen) atoms. The number of carboxylic acid groups (broad SMARTS) is 1. The van der Waals surface area contributed by atoms with E-state index in [0.29, 0.717) is 94.0 Å². The van der Waals surface area contributed by atoms with Crippen molar-refractivity contribution in [1.29, 1.82) is 0 Å². The minimum absolute atomic E-state index is 0. The second-order valence-corrected chi connectivity index (χ2v) is 40.0. The number of carbonyl (C=O) groups is 7. The van der Waals surface area contributed by atoms with Crippen LogP contribution in [0, 0.1) is 23.7 Å². The first-order chi connectivity index (χ1) is 63.3. The molecule has 7 fully saturated rings. The smallest absolute Gasteiger partial charge is 0.870 e. The number of piperazine rings is 2. The van der Waals surface area contributed by atoms with Crippen LogP contribution in [0.2, 0.25) is 40.2 Å². The number of fused-ring (bicyclic) bond motifs is 3. The Morgan fingerprint density at radius 3 is 1.08 bits per heavy atom. The summed E-state index contributed by atoms with van der Waals surface area (Å²) < 4.78 is 9.96. The van der Waals surface area contributed by atoms with Crippen LogP contribution in [0.5, 0.6) is 0 Å². The predicted molar refractivity (Wildman–Crippen MR) is 528 cm³/mol. The monoisotopic (exact) mass is 2050 g/mol. The van der Waals surface area contributed by atoms with E-state index in [2.05, 4.69) is 46.0 Å². The van der Waals surface area contributed by atoms with Crippen molar-refractivity contribution in [3.63, 3.8) is 0 Å². The van der Waals surface area contributed by atoms with Gasteiger partial charge in [0.1, 0.15) is 32.8 Å². The number of hydrogen-bond donors (Lipinski definition) is 6. The molecule has 3 amide bonds. The van der Waals surface area contributed by atoms with Gasteiger partial charge >= 0.3 is 47.5 Å². The molecule has 23 nitrogen and oxygen atoms in total. The number of aliphatic carboxylic acids is 1. The second kappa shape index (κ2) is 45.6. The van der Waals surface area contributed by atoms with Gasteiger partial charge in [-0.3, -0.25) is 34.2 Å². The Morgan fingerprint density at radius 2 is 0.767 bits per heavy atom. The predicted octanol–water partition coefficient (Wildman–Crippen LogP) is 18.0. The molecule has 4 aliphatic carbocycles. The summed E-state index contributed by atoms with van der Waals surface area (Å²) in [5.74, 6) is -0.992. The van der Waals surface area contributed by atoms with Crippen molar-refractivity contribution in [2.45, 2.75) is 119 Å². The number of amidine groups is 3. The zero-order chi connectivity index (χ0) is 92.0. The number of nitrogens with zero attached hydrogens (tertiary/aromatic N) is 7. The van der Waals surface area contributed by atoms with Gasteiger partial charge in [0, 0.05) is 107 Å². The second-order valence-electron chi connectivity index (χ2n) is 32.7. The van der Waals surface area contributed by atoms with Crippen molar-refractivity contribution in [2.24, 2.45) is 38.6 Å². The number of Topliss-reactive ketones (excluding diaryl/α,β-unsaturated/α-hetero) is 1. The molecular weight excluding hydrogens is 1970 g/mol. The minimum Gasteiger partial charge on any atom is -0.870 e. The Bertz CT molecular complexity index is 5800. The van der Waals surface area contributed by atoms with Crippen molar-refractivity contribution in [3.8, 4) is 0 Å². The number of esters is 2. The Hall–Kier alpha value is -7.85. The van der Waals surface area contributed by atoms with E-state index in [1.807, 2.05) is 201 Å². The van der Waals surface area contributed by atoms with Crippen LogP contribution in [0.1, 0.15) is 158 Å². The van der Waals surface area contributed by atoms with Gasteiger partial charge in [-0.15, -0.1) is 11.6 Å². The fourth-order valence-electron chi connectivity index (χ4n) is 16.7.